The molecule has 5 heteroatoms. The highest BCUT2D eigenvalue weighted by Crippen LogP contribution is 2.27. The molecular formula is C13H15NO3S. The molecule has 0 aromatic heterocycles. The molecule has 0 spiro atoms. The van der Waals surface area contributed by atoms with Crippen LogP contribution in [0.15, 0.2) is 30.3 Å². The van der Waals surface area contributed by atoms with Gasteiger partial charge in [0.15, 0.2) is 0 Å². The maximum Gasteiger partial charge on any atom is 0.326 e. The predicted molar refractivity (Wildman–Crippen MR) is 69.9 cm³/mol. The van der Waals surface area contributed by atoms with Gasteiger partial charge in [0, 0.05) is 0 Å². The average molecular weight is 265 g/mol. The summed E-state index contributed by atoms with van der Waals surface area (Å²) in [7, 11) is 0. The second-order valence-corrected chi connectivity index (χ2v) is 5.08. The van der Waals surface area contributed by atoms with Crippen LogP contribution in [0.5, 0.6) is 0 Å². The number of likely N-dealkylation sites (tertiary alicyclic amines) is 1. The Bertz CT molecular complexity index is 435. The number of rotatable bonds is 5. The smallest absolute Gasteiger partial charge is 0.326 e. The van der Waals surface area contributed by atoms with Gasteiger partial charge >= 0.3 is 5.97 Å². The molecule has 1 aromatic carbocycles. The highest BCUT2D eigenvalue weighted by molar-refractivity contribution is 7.99. The van der Waals surface area contributed by atoms with Gasteiger partial charge in [-0.1, -0.05) is 30.3 Å². The Hall–Kier alpha value is -1.49. The largest absolute Gasteiger partial charge is 0.459 e. The Balaban J connectivity index is 1.77. The number of ether oxygens (including phenoxy) is 1. The molecule has 1 saturated heterocycles. The van der Waals surface area contributed by atoms with Crippen molar-refractivity contribution in [1.82, 2.24) is 4.90 Å². The summed E-state index contributed by atoms with van der Waals surface area (Å²) in [6.07, 6.45) is 2.45. The first kappa shape index (κ1) is 13.0. The van der Waals surface area contributed by atoms with E-state index in [9.17, 15) is 9.59 Å². The minimum absolute atomic E-state index is 0.0195. The van der Waals surface area contributed by atoms with Crippen molar-refractivity contribution in [2.24, 2.45) is 0 Å². The van der Waals surface area contributed by atoms with Crippen molar-refractivity contribution in [2.45, 2.75) is 18.4 Å². The maximum absolute atomic E-state index is 11.6. The topological polar surface area (TPSA) is 46.6 Å². The lowest BCUT2D eigenvalue weighted by atomic mass is 10.2. The fourth-order valence-electron chi connectivity index (χ4n) is 1.75. The Labute approximate surface area is 110 Å². The predicted octanol–water partition coefficient (Wildman–Crippen LogP) is 1.65. The van der Waals surface area contributed by atoms with E-state index in [-0.39, 0.29) is 30.4 Å². The second kappa shape index (κ2) is 5.91. The molecule has 18 heavy (non-hydrogen) atoms. The van der Waals surface area contributed by atoms with E-state index >= 15 is 0 Å². The number of benzene rings is 1. The molecule has 1 atom stereocenters. The third-order valence-electron chi connectivity index (χ3n) is 2.83. The first-order chi connectivity index (χ1) is 8.70. The van der Waals surface area contributed by atoms with Crippen LogP contribution < -0.4 is 0 Å². The monoisotopic (exact) mass is 265 g/mol. The van der Waals surface area contributed by atoms with Crippen LogP contribution in [-0.2, 0) is 20.9 Å². The summed E-state index contributed by atoms with van der Waals surface area (Å²) < 4.78 is 5.13. The minimum atomic E-state index is -0.356. The standard InChI is InChI=1S/C13H15NO3S/c1-18-12-7-11(15)14(12)8-13(16)17-9-10-5-3-2-4-6-10/h2-6,12H,7-9H2,1H3. The van der Waals surface area contributed by atoms with Gasteiger partial charge in [0.2, 0.25) is 5.91 Å². The molecule has 4 nitrogen and oxygen atoms in total. The zero-order chi connectivity index (χ0) is 13.0. The van der Waals surface area contributed by atoms with E-state index in [2.05, 4.69) is 0 Å². The first-order valence-electron chi connectivity index (χ1n) is 5.72. The summed E-state index contributed by atoms with van der Waals surface area (Å²) in [5.41, 5.74) is 0.946. The van der Waals surface area contributed by atoms with E-state index in [1.165, 1.54) is 0 Å². The quantitative estimate of drug-likeness (QED) is 0.600. The zero-order valence-corrected chi connectivity index (χ0v) is 11.0. The summed E-state index contributed by atoms with van der Waals surface area (Å²) in [4.78, 5) is 24.5. The van der Waals surface area contributed by atoms with E-state index in [1.807, 2.05) is 36.6 Å². The molecule has 1 unspecified atom stereocenters. The summed E-state index contributed by atoms with van der Waals surface area (Å²) in [5, 5.41) is 0.127. The maximum atomic E-state index is 11.6. The second-order valence-electron chi connectivity index (χ2n) is 4.06. The first-order valence-corrected chi connectivity index (χ1v) is 7.01. The third-order valence-corrected chi connectivity index (χ3v) is 3.80. The van der Waals surface area contributed by atoms with Crippen LogP contribution in [0.3, 0.4) is 0 Å². The molecule has 1 aromatic rings. The Morgan fingerprint density at radius 2 is 2.17 bits per heavy atom. The van der Waals surface area contributed by atoms with Crippen molar-refractivity contribution in [1.29, 1.82) is 0 Å². The number of thioether (sulfide) groups is 1. The normalized spacial score (nSPS) is 18.4. The number of nitrogens with zero attached hydrogens (tertiary/aromatic N) is 1. The van der Waals surface area contributed by atoms with Crippen molar-refractivity contribution >= 4 is 23.6 Å². The fourth-order valence-corrected chi connectivity index (χ4v) is 2.50. The molecule has 2 rings (SSSR count). The lowest BCUT2D eigenvalue weighted by molar-refractivity contribution is -0.155. The zero-order valence-electron chi connectivity index (χ0n) is 10.2. The van der Waals surface area contributed by atoms with Gasteiger partial charge in [-0.05, 0) is 11.8 Å². The van der Waals surface area contributed by atoms with Gasteiger partial charge in [0.05, 0.1) is 11.8 Å². The average Bonchev–Trinajstić information content (AvgIpc) is 2.41. The lowest BCUT2D eigenvalue weighted by Crippen LogP contribution is -2.52. The highest BCUT2D eigenvalue weighted by Gasteiger charge is 2.36. The van der Waals surface area contributed by atoms with Crippen molar-refractivity contribution < 1.29 is 14.3 Å². The number of β-lactam (4-membered cyclic amide) rings is 1. The van der Waals surface area contributed by atoms with Gasteiger partial charge in [-0.15, -0.1) is 11.8 Å². The van der Waals surface area contributed by atoms with Gasteiger partial charge < -0.3 is 9.64 Å². The lowest BCUT2D eigenvalue weighted by Gasteiger charge is -2.38. The molecular weight excluding hydrogens is 250 g/mol. The summed E-state index contributed by atoms with van der Waals surface area (Å²) in [6.45, 7) is 0.308. The molecule has 1 heterocycles. The van der Waals surface area contributed by atoms with E-state index in [0.29, 0.717) is 6.42 Å². The molecule has 1 amide bonds. The van der Waals surface area contributed by atoms with Crippen molar-refractivity contribution in [3.63, 3.8) is 0 Å². The van der Waals surface area contributed by atoms with Gasteiger partial charge in [-0.2, -0.15) is 0 Å². The van der Waals surface area contributed by atoms with Gasteiger partial charge in [0.25, 0.3) is 0 Å². The third kappa shape index (κ3) is 3.04. The fraction of sp³-hybridized carbons (Fsp3) is 0.385. The molecule has 1 aliphatic heterocycles. The summed E-state index contributed by atoms with van der Waals surface area (Å²) in [6, 6.07) is 9.49. The molecule has 0 N–H and O–H groups in total. The van der Waals surface area contributed by atoms with Gasteiger partial charge in [-0.25, -0.2) is 0 Å². The van der Waals surface area contributed by atoms with Crippen LogP contribution in [-0.4, -0.2) is 35.0 Å². The molecule has 1 aliphatic rings. The van der Waals surface area contributed by atoms with Crippen LogP contribution in [0.25, 0.3) is 0 Å². The van der Waals surface area contributed by atoms with Crippen molar-refractivity contribution in [3.8, 4) is 0 Å². The number of esters is 1. The Morgan fingerprint density at radius 1 is 1.44 bits per heavy atom. The van der Waals surface area contributed by atoms with E-state index in [1.54, 1.807) is 16.7 Å². The molecule has 0 saturated carbocycles. The van der Waals surface area contributed by atoms with E-state index in [4.69, 9.17) is 4.74 Å². The SMILES string of the molecule is CSC1CC(=O)N1CC(=O)OCc1ccccc1. The van der Waals surface area contributed by atoms with Crippen LogP contribution in [0.4, 0.5) is 0 Å². The van der Waals surface area contributed by atoms with Crippen LogP contribution >= 0.6 is 11.8 Å². The van der Waals surface area contributed by atoms with Crippen molar-refractivity contribution in [3.05, 3.63) is 35.9 Å². The molecule has 96 valence electrons. The van der Waals surface area contributed by atoms with E-state index < -0.39 is 0 Å². The summed E-state index contributed by atoms with van der Waals surface area (Å²) >= 11 is 1.58. The van der Waals surface area contributed by atoms with Crippen LogP contribution in [0, 0.1) is 0 Å². The highest BCUT2D eigenvalue weighted by atomic mass is 32.2. The van der Waals surface area contributed by atoms with Crippen LogP contribution in [0.1, 0.15) is 12.0 Å². The Kier molecular flexibility index (Phi) is 4.25. The van der Waals surface area contributed by atoms with Gasteiger partial charge in [0.1, 0.15) is 13.2 Å². The number of carbonyl (C=O) groups excluding carboxylic acids is 2. The molecule has 0 bridgehead atoms. The van der Waals surface area contributed by atoms with Crippen molar-refractivity contribution in [2.75, 3.05) is 12.8 Å². The number of amides is 1. The number of carbonyl (C=O) groups is 2. The van der Waals surface area contributed by atoms with E-state index in [0.717, 1.165) is 5.56 Å². The molecule has 0 radical (unpaired) electrons. The minimum Gasteiger partial charge on any atom is -0.459 e. The Morgan fingerprint density at radius 3 is 2.78 bits per heavy atom. The van der Waals surface area contributed by atoms with Crippen LogP contribution in [0.2, 0.25) is 0 Å². The molecule has 0 aliphatic carbocycles. The number of hydrogen-bond donors (Lipinski definition) is 0. The summed E-state index contributed by atoms with van der Waals surface area (Å²) in [5.74, 6) is -0.336. The number of hydrogen-bond acceptors (Lipinski definition) is 4. The van der Waals surface area contributed by atoms with Gasteiger partial charge in [-0.3, -0.25) is 9.59 Å². The molecule has 1 fully saturated rings.